The second kappa shape index (κ2) is 4.42. The quantitative estimate of drug-likeness (QED) is 0.513. The number of aromatic nitrogens is 2. The van der Waals surface area contributed by atoms with Crippen LogP contribution in [0.5, 0.6) is 0 Å². The molecule has 3 aromatic rings. The molecule has 2 nitrogen and oxygen atoms in total. The second-order valence-corrected chi connectivity index (χ2v) is 4.78. The van der Waals surface area contributed by atoms with Crippen LogP contribution in [0.4, 0.5) is 0 Å². The van der Waals surface area contributed by atoms with E-state index in [4.69, 9.17) is 0 Å². The van der Waals surface area contributed by atoms with Gasteiger partial charge >= 0.3 is 0 Å². The molecule has 0 aliphatic heterocycles. The molecule has 0 amide bonds. The first-order valence-electron chi connectivity index (χ1n) is 6.60. The minimum atomic E-state index is 1.07. The Balaban J connectivity index is 1.99. The number of hydrogen-bond acceptors (Lipinski definition) is 2. The summed E-state index contributed by atoms with van der Waals surface area (Å²) >= 11 is 0. The van der Waals surface area contributed by atoms with Gasteiger partial charge in [0, 0.05) is 29.7 Å². The van der Waals surface area contributed by atoms with Gasteiger partial charge in [-0.1, -0.05) is 30.3 Å². The maximum Gasteiger partial charge on any atom is 0.0786 e. The van der Waals surface area contributed by atoms with Crippen LogP contribution >= 0.6 is 0 Å². The maximum absolute atomic E-state index is 4.54. The third-order valence-corrected chi connectivity index (χ3v) is 3.59. The monoisotopic (exact) mass is 256 g/mol. The van der Waals surface area contributed by atoms with Crippen LogP contribution in [0.2, 0.25) is 0 Å². The van der Waals surface area contributed by atoms with Crippen LogP contribution in [0.25, 0.3) is 22.9 Å². The average molecular weight is 256 g/mol. The summed E-state index contributed by atoms with van der Waals surface area (Å²) in [6.07, 6.45) is 7.69. The molecule has 1 aromatic carbocycles. The van der Waals surface area contributed by atoms with Crippen molar-refractivity contribution in [1.29, 1.82) is 0 Å². The van der Waals surface area contributed by atoms with Crippen LogP contribution in [-0.2, 0) is 0 Å². The van der Waals surface area contributed by atoms with Crippen LogP contribution in [0.3, 0.4) is 0 Å². The summed E-state index contributed by atoms with van der Waals surface area (Å²) in [5.41, 5.74) is 7.12. The first-order valence-corrected chi connectivity index (χ1v) is 6.60. The minimum absolute atomic E-state index is 1.07. The van der Waals surface area contributed by atoms with E-state index in [0.29, 0.717) is 0 Å². The Morgan fingerprint density at radius 3 is 2.30 bits per heavy atom. The van der Waals surface area contributed by atoms with E-state index in [1.807, 2.05) is 36.8 Å². The van der Waals surface area contributed by atoms with Crippen LogP contribution in [0, 0.1) is 0 Å². The molecule has 0 radical (unpaired) electrons. The Labute approximate surface area is 117 Å². The molecule has 0 saturated heterocycles. The number of nitrogens with zero attached hydrogens (tertiary/aromatic N) is 2. The molecule has 2 heterocycles. The normalized spacial score (nSPS) is 14.1. The van der Waals surface area contributed by atoms with Crippen molar-refractivity contribution in [2.24, 2.45) is 0 Å². The van der Waals surface area contributed by atoms with Crippen molar-refractivity contribution in [3.8, 4) is 11.3 Å². The summed E-state index contributed by atoms with van der Waals surface area (Å²) in [5, 5.41) is 0. The average Bonchev–Trinajstić information content (AvgIpc) is 2.84. The van der Waals surface area contributed by atoms with E-state index in [1.165, 1.54) is 22.3 Å². The molecule has 0 N–H and O–H groups in total. The molecule has 0 fully saturated rings. The van der Waals surface area contributed by atoms with Crippen molar-refractivity contribution < 1.29 is 0 Å². The maximum atomic E-state index is 4.54. The molecule has 0 atom stereocenters. The van der Waals surface area contributed by atoms with Crippen molar-refractivity contribution in [2.45, 2.75) is 0 Å². The van der Waals surface area contributed by atoms with Gasteiger partial charge < -0.3 is 0 Å². The number of hydrogen-bond donors (Lipinski definition) is 0. The highest BCUT2D eigenvalue weighted by Crippen LogP contribution is 2.43. The zero-order chi connectivity index (χ0) is 13.4. The van der Waals surface area contributed by atoms with Crippen molar-refractivity contribution in [3.05, 3.63) is 83.8 Å². The van der Waals surface area contributed by atoms with E-state index < -0.39 is 0 Å². The predicted molar refractivity (Wildman–Crippen MR) is 80.9 cm³/mol. The standard InChI is InChI=1S/C18H12N2/c1-2-5-15-14(4-1)17(12-13-7-10-19-11-8-13)16-6-3-9-20-18(15)16/h1-12H. The van der Waals surface area contributed by atoms with Crippen LogP contribution < -0.4 is 0 Å². The number of benzene rings is 1. The van der Waals surface area contributed by atoms with Crippen LogP contribution in [0.1, 0.15) is 16.7 Å². The van der Waals surface area contributed by atoms with Gasteiger partial charge in [-0.05, 0) is 41.0 Å². The first kappa shape index (κ1) is 11.1. The third-order valence-electron chi connectivity index (χ3n) is 3.59. The smallest absolute Gasteiger partial charge is 0.0786 e. The largest absolute Gasteiger partial charge is 0.265 e. The van der Waals surface area contributed by atoms with Gasteiger partial charge in [-0.3, -0.25) is 9.97 Å². The van der Waals surface area contributed by atoms with Gasteiger partial charge in [-0.15, -0.1) is 0 Å². The van der Waals surface area contributed by atoms with Gasteiger partial charge in [0.25, 0.3) is 0 Å². The molecule has 0 unspecified atom stereocenters. The summed E-state index contributed by atoms with van der Waals surface area (Å²) in [4.78, 5) is 8.61. The van der Waals surface area contributed by atoms with Crippen LogP contribution in [-0.4, -0.2) is 9.97 Å². The minimum Gasteiger partial charge on any atom is -0.265 e. The molecule has 4 rings (SSSR count). The van der Waals surface area contributed by atoms with Crippen molar-refractivity contribution in [3.63, 3.8) is 0 Å². The lowest BCUT2D eigenvalue weighted by atomic mass is 10.0. The fraction of sp³-hybridized carbons (Fsp3) is 0. The van der Waals surface area contributed by atoms with Gasteiger partial charge in [-0.25, -0.2) is 0 Å². The van der Waals surface area contributed by atoms with Crippen molar-refractivity contribution in [1.82, 2.24) is 9.97 Å². The first-order chi connectivity index (χ1) is 9.93. The Hall–Kier alpha value is -2.74. The molecular weight excluding hydrogens is 244 g/mol. The number of rotatable bonds is 1. The molecule has 1 aliphatic carbocycles. The molecule has 0 spiro atoms. The Bertz CT molecular complexity index is 757. The number of fused-ring (bicyclic) bond motifs is 3. The Morgan fingerprint density at radius 2 is 1.45 bits per heavy atom. The van der Waals surface area contributed by atoms with E-state index in [1.54, 1.807) is 0 Å². The molecule has 0 saturated carbocycles. The van der Waals surface area contributed by atoms with Gasteiger partial charge in [0.05, 0.1) is 5.69 Å². The molecule has 0 bridgehead atoms. The summed E-state index contributed by atoms with van der Waals surface area (Å²) in [7, 11) is 0. The topological polar surface area (TPSA) is 25.8 Å². The summed E-state index contributed by atoms with van der Waals surface area (Å²) < 4.78 is 0. The lowest BCUT2D eigenvalue weighted by molar-refractivity contribution is 1.32. The summed E-state index contributed by atoms with van der Waals surface area (Å²) in [6.45, 7) is 0. The van der Waals surface area contributed by atoms with E-state index >= 15 is 0 Å². The molecular formula is C18H12N2. The lowest BCUT2D eigenvalue weighted by Crippen LogP contribution is -1.83. The molecule has 2 aromatic heterocycles. The zero-order valence-electron chi connectivity index (χ0n) is 10.8. The predicted octanol–water partition coefficient (Wildman–Crippen LogP) is 4.05. The molecule has 94 valence electrons. The van der Waals surface area contributed by atoms with Gasteiger partial charge in [0.1, 0.15) is 0 Å². The van der Waals surface area contributed by atoms with E-state index in [9.17, 15) is 0 Å². The number of pyridine rings is 2. The molecule has 20 heavy (non-hydrogen) atoms. The van der Waals surface area contributed by atoms with Gasteiger partial charge in [0.15, 0.2) is 0 Å². The van der Waals surface area contributed by atoms with E-state index in [2.05, 4.69) is 46.4 Å². The second-order valence-electron chi connectivity index (χ2n) is 4.78. The van der Waals surface area contributed by atoms with Crippen LogP contribution in [0.15, 0.2) is 67.1 Å². The highest BCUT2D eigenvalue weighted by molar-refractivity contribution is 6.05. The lowest BCUT2D eigenvalue weighted by Gasteiger charge is -2.02. The SMILES string of the molecule is C(=C1c2ccccc2-c2ncccc21)c1ccncc1. The van der Waals surface area contributed by atoms with Crippen molar-refractivity contribution >= 4 is 11.6 Å². The highest BCUT2D eigenvalue weighted by atomic mass is 14.7. The molecule has 1 aliphatic rings. The van der Waals surface area contributed by atoms with Gasteiger partial charge in [0.2, 0.25) is 0 Å². The fourth-order valence-electron chi connectivity index (χ4n) is 2.69. The third kappa shape index (κ3) is 1.66. The highest BCUT2D eigenvalue weighted by Gasteiger charge is 2.23. The fourth-order valence-corrected chi connectivity index (χ4v) is 2.69. The summed E-state index contributed by atoms with van der Waals surface area (Å²) in [6, 6.07) is 16.6. The Morgan fingerprint density at radius 1 is 0.700 bits per heavy atom. The molecule has 2 heteroatoms. The zero-order valence-corrected chi connectivity index (χ0v) is 10.8. The van der Waals surface area contributed by atoms with Gasteiger partial charge in [-0.2, -0.15) is 0 Å². The summed E-state index contributed by atoms with van der Waals surface area (Å²) in [5.74, 6) is 0. The van der Waals surface area contributed by atoms with E-state index in [0.717, 1.165) is 11.3 Å². The van der Waals surface area contributed by atoms with Crippen molar-refractivity contribution in [2.75, 3.05) is 0 Å². The van der Waals surface area contributed by atoms with E-state index in [-0.39, 0.29) is 0 Å². The Kier molecular flexibility index (Phi) is 2.46.